The first kappa shape index (κ1) is 15.0. The maximum atomic E-state index is 12.1. The van der Waals surface area contributed by atoms with Crippen molar-refractivity contribution in [3.8, 4) is 0 Å². The molecule has 0 aliphatic rings. The molecule has 0 aliphatic carbocycles. The largest absolute Gasteiger partial charge is 0.350 e. The lowest BCUT2D eigenvalue weighted by Crippen LogP contribution is -2.34. The minimum Gasteiger partial charge on any atom is -0.350 e. The van der Waals surface area contributed by atoms with Crippen LogP contribution in [0, 0.1) is 0 Å². The van der Waals surface area contributed by atoms with Gasteiger partial charge in [0.2, 0.25) is 0 Å². The zero-order valence-corrected chi connectivity index (χ0v) is 12.9. The van der Waals surface area contributed by atoms with E-state index < -0.39 is 0 Å². The Bertz CT molecular complexity index is 572. The molecule has 1 atom stereocenters. The molecular weight excluding hydrogens is 294 g/mol. The van der Waals surface area contributed by atoms with E-state index in [9.17, 15) is 4.79 Å². The summed E-state index contributed by atoms with van der Waals surface area (Å²) in [6.45, 7) is 0.548. The summed E-state index contributed by atoms with van der Waals surface area (Å²) < 4.78 is 0. The van der Waals surface area contributed by atoms with Crippen LogP contribution in [0.25, 0.3) is 0 Å². The fourth-order valence-corrected chi connectivity index (χ4v) is 2.95. The number of carbonyl (C=O) groups excluding carboxylic acids is 1. The van der Waals surface area contributed by atoms with Gasteiger partial charge in [-0.1, -0.05) is 17.7 Å². The van der Waals surface area contributed by atoms with E-state index in [0.29, 0.717) is 17.3 Å². The smallest absolute Gasteiger partial charge is 0.251 e. The number of amides is 1. The molecule has 2 heterocycles. The number of likely N-dealkylation sites (N-methyl/N-ethyl adjacent to an activating group) is 1. The molecule has 0 spiro atoms. The van der Waals surface area contributed by atoms with Crippen LogP contribution >= 0.6 is 22.9 Å². The van der Waals surface area contributed by atoms with E-state index in [1.54, 1.807) is 23.5 Å². The van der Waals surface area contributed by atoms with Gasteiger partial charge in [-0.25, -0.2) is 4.98 Å². The molecule has 106 valence electrons. The highest BCUT2D eigenvalue weighted by Crippen LogP contribution is 2.22. The van der Waals surface area contributed by atoms with Crippen LogP contribution in [0.1, 0.15) is 21.3 Å². The molecule has 2 aromatic rings. The topological polar surface area (TPSA) is 45.2 Å². The molecule has 1 amide bonds. The number of hydrogen-bond donors (Lipinski definition) is 1. The van der Waals surface area contributed by atoms with E-state index in [0.717, 1.165) is 0 Å². The van der Waals surface area contributed by atoms with Gasteiger partial charge in [0.05, 0.1) is 6.04 Å². The molecular formula is C14H16ClN3OS. The molecule has 0 saturated heterocycles. The quantitative estimate of drug-likeness (QED) is 0.864. The number of thiophene rings is 1. The number of aromatic nitrogens is 1. The molecule has 6 heteroatoms. The summed E-state index contributed by atoms with van der Waals surface area (Å²) in [6, 6.07) is 7.46. The third-order valence-electron chi connectivity index (χ3n) is 2.94. The molecule has 0 radical (unpaired) electrons. The summed E-state index contributed by atoms with van der Waals surface area (Å²) in [5, 5.41) is 5.29. The first-order chi connectivity index (χ1) is 9.58. The standard InChI is InChI=1S/C14H16ClN3OS/c1-18(2)11(12-4-3-7-20-12)9-17-14(19)10-5-6-16-13(15)8-10/h3-8,11H,9H2,1-2H3,(H,17,19). The Labute approximate surface area is 127 Å². The van der Waals surface area contributed by atoms with Gasteiger partial charge in [-0.2, -0.15) is 0 Å². The number of hydrogen-bond acceptors (Lipinski definition) is 4. The van der Waals surface area contributed by atoms with E-state index in [1.807, 2.05) is 25.5 Å². The number of halogens is 1. The molecule has 2 rings (SSSR count). The minimum atomic E-state index is -0.141. The van der Waals surface area contributed by atoms with Crippen molar-refractivity contribution in [2.45, 2.75) is 6.04 Å². The Morgan fingerprint density at radius 2 is 2.30 bits per heavy atom. The Morgan fingerprint density at radius 3 is 2.90 bits per heavy atom. The van der Waals surface area contributed by atoms with Crippen molar-refractivity contribution in [3.05, 3.63) is 51.4 Å². The molecule has 2 aromatic heterocycles. The van der Waals surface area contributed by atoms with E-state index in [1.165, 1.54) is 11.1 Å². The fourth-order valence-electron chi connectivity index (χ4n) is 1.85. The predicted molar refractivity (Wildman–Crippen MR) is 82.3 cm³/mol. The van der Waals surface area contributed by atoms with Crippen LogP contribution in [0.2, 0.25) is 5.15 Å². The molecule has 1 N–H and O–H groups in total. The second kappa shape index (κ2) is 6.83. The Morgan fingerprint density at radius 1 is 1.50 bits per heavy atom. The second-order valence-corrected chi connectivity index (χ2v) is 5.94. The van der Waals surface area contributed by atoms with Gasteiger partial charge in [-0.05, 0) is 37.7 Å². The van der Waals surface area contributed by atoms with Crippen LogP contribution < -0.4 is 5.32 Å². The molecule has 20 heavy (non-hydrogen) atoms. The number of rotatable bonds is 5. The van der Waals surface area contributed by atoms with Gasteiger partial charge < -0.3 is 10.2 Å². The third kappa shape index (κ3) is 3.79. The highest BCUT2D eigenvalue weighted by molar-refractivity contribution is 7.10. The summed E-state index contributed by atoms with van der Waals surface area (Å²) in [4.78, 5) is 19.3. The van der Waals surface area contributed by atoms with Crippen molar-refractivity contribution in [1.29, 1.82) is 0 Å². The first-order valence-electron chi connectivity index (χ1n) is 6.17. The van der Waals surface area contributed by atoms with Crippen molar-refractivity contribution in [2.75, 3.05) is 20.6 Å². The molecule has 0 bridgehead atoms. The van der Waals surface area contributed by atoms with Crippen molar-refractivity contribution >= 4 is 28.8 Å². The highest BCUT2D eigenvalue weighted by atomic mass is 35.5. The Balaban J connectivity index is 2.01. The SMILES string of the molecule is CN(C)C(CNC(=O)c1ccnc(Cl)c1)c1cccs1. The van der Waals surface area contributed by atoms with Crippen LogP contribution in [0.15, 0.2) is 35.8 Å². The Hall–Kier alpha value is -1.43. The van der Waals surface area contributed by atoms with Gasteiger partial charge in [-0.15, -0.1) is 11.3 Å². The van der Waals surface area contributed by atoms with Crippen molar-refractivity contribution < 1.29 is 4.79 Å². The zero-order valence-electron chi connectivity index (χ0n) is 11.3. The lowest BCUT2D eigenvalue weighted by Gasteiger charge is -2.23. The van der Waals surface area contributed by atoms with E-state index in [2.05, 4.69) is 21.3 Å². The van der Waals surface area contributed by atoms with Crippen molar-refractivity contribution in [3.63, 3.8) is 0 Å². The van der Waals surface area contributed by atoms with Gasteiger partial charge >= 0.3 is 0 Å². The van der Waals surface area contributed by atoms with Gasteiger partial charge in [0, 0.05) is 23.2 Å². The van der Waals surface area contributed by atoms with Crippen molar-refractivity contribution in [1.82, 2.24) is 15.2 Å². The monoisotopic (exact) mass is 309 g/mol. The summed E-state index contributed by atoms with van der Waals surface area (Å²) >= 11 is 7.47. The average molecular weight is 310 g/mol. The van der Waals surface area contributed by atoms with Gasteiger partial charge in [-0.3, -0.25) is 4.79 Å². The Kier molecular flexibility index (Phi) is 5.11. The lowest BCUT2D eigenvalue weighted by atomic mass is 10.2. The summed E-state index contributed by atoms with van der Waals surface area (Å²) in [5.41, 5.74) is 0.522. The van der Waals surface area contributed by atoms with Crippen molar-refractivity contribution in [2.24, 2.45) is 0 Å². The molecule has 1 unspecified atom stereocenters. The van der Waals surface area contributed by atoms with E-state index >= 15 is 0 Å². The van der Waals surface area contributed by atoms with Crippen LogP contribution in [-0.4, -0.2) is 36.4 Å². The molecule has 0 aliphatic heterocycles. The minimum absolute atomic E-state index is 0.141. The lowest BCUT2D eigenvalue weighted by molar-refractivity contribution is 0.0942. The van der Waals surface area contributed by atoms with Crippen LogP contribution in [0.5, 0.6) is 0 Å². The van der Waals surface area contributed by atoms with Gasteiger partial charge in [0.15, 0.2) is 0 Å². The number of nitrogens with zero attached hydrogens (tertiary/aromatic N) is 2. The maximum Gasteiger partial charge on any atom is 0.251 e. The third-order valence-corrected chi connectivity index (χ3v) is 4.12. The van der Waals surface area contributed by atoms with Gasteiger partial charge in [0.1, 0.15) is 5.15 Å². The van der Waals surface area contributed by atoms with E-state index in [4.69, 9.17) is 11.6 Å². The highest BCUT2D eigenvalue weighted by Gasteiger charge is 2.16. The summed E-state index contributed by atoms with van der Waals surface area (Å²) in [7, 11) is 4.00. The number of pyridine rings is 1. The fraction of sp³-hybridized carbons (Fsp3) is 0.286. The van der Waals surface area contributed by atoms with Gasteiger partial charge in [0.25, 0.3) is 5.91 Å². The molecule has 0 aromatic carbocycles. The zero-order chi connectivity index (χ0) is 14.5. The molecule has 0 fully saturated rings. The van der Waals surface area contributed by atoms with Crippen LogP contribution in [0.4, 0.5) is 0 Å². The number of nitrogens with one attached hydrogen (secondary N) is 1. The van der Waals surface area contributed by atoms with Crippen LogP contribution in [0.3, 0.4) is 0 Å². The van der Waals surface area contributed by atoms with E-state index in [-0.39, 0.29) is 11.9 Å². The van der Waals surface area contributed by atoms with Crippen LogP contribution in [-0.2, 0) is 0 Å². The first-order valence-corrected chi connectivity index (χ1v) is 7.43. The maximum absolute atomic E-state index is 12.1. The number of carbonyl (C=O) groups is 1. The summed E-state index contributed by atoms with van der Waals surface area (Å²) in [5.74, 6) is -0.141. The summed E-state index contributed by atoms with van der Waals surface area (Å²) in [6.07, 6.45) is 1.53. The molecule has 0 saturated carbocycles. The predicted octanol–water partition coefficient (Wildman–Crippen LogP) is 2.83. The average Bonchev–Trinajstić information content (AvgIpc) is 2.92. The normalized spacial score (nSPS) is 12.4. The second-order valence-electron chi connectivity index (χ2n) is 4.57. The molecule has 4 nitrogen and oxygen atoms in total.